The fourth-order valence-electron chi connectivity index (χ4n) is 2.36. The molecule has 2 aliphatic rings. The van der Waals surface area contributed by atoms with Gasteiger partial charge in [0.25, 0.3) is 0 Å². The Balaban J connectivity index is 0.00000144. The Hall–Kier alpha value is 0.293. The molecule has 0 radical (unpaired) electrons. The van der Waals surface area contributed by atoms with Crippen molar-refractivity contribution in [3.05, 3.63) is 43.8 Å². The molecule has 0 unspecified atom stereocenters. The van der Waals surface area contributed by atoms with Crippen LogP contribution in [0.2, 0.25) is 0 Å². The van der Waals surface area contributed by atoms with Gasteiger partial charge in [-0.25, -0.2) is 0 Å². The first-order valence-electron chi connectivity index (χ1n) is 5.92. The molecule has 0 amide bonds. The van der Waals surface area contributed by atoms with Gasteiger partial charge in [-0.2, -0.15) is 0 Å². The van der Waals surface area contributed by atoms with Crippen LogP contribution >= 0.6 is 24.8 Å². The molecule has 0 heterocycles. The van der Waals surface area contributed by atoms with E-state index in [-0.39, 0.29) is 24.8 Å². The molecule has 18 heavy (non-hydrogen) atoms. The normalized spacial score (nSPS) is 17.2. The molecule has 2 aliphatic carbocycles. The molecule has 0 aliphatic heterocycles. The molecule has 0 fully saturated rings. The first-order valence-corrected chi connectivity index (χ1v) is 8.38. The Kier molecular flexibility index (Phi) is 7.91. The van der Waals surface area contributed by atoms with E-state index >= 15 is 0 Å². The van der Waals surface area contributed by atoms with E-state index in [4.69, 9.17) is 0 Å². The smallest absolute Gasteiger partial charge is 0.147 e. The van der Waals surface area contributed by atoms with E-state index in [1.807, 2.05) is 0 Å². The van der Waals surface area contributed by atoms with Gasteiger partial charge in [0.2, 0.25) is 0 Å². The van der Waals surface area contributed by atoms with E-state index in [0.717, 1.165) is 6.42 Å². The minimum atomic E-state index is -0.396. The molecule has 0 aromatic heterocycles. The predicted octanol–water partition coefficient (Wildman–Crippen LogP) is 5.01. The Morgan fingerprint density at radius 3 is 2.28 bits per heavy atom. The molecule has 0 atom stereocenters. The summed E-state index contributed by atoms with van der Waals surface area (Å²) >= 11 is -0.396. The molecular weight excluding hydrogens is 342 g/mol. The molecule has 0 aromatic rings. The number of hydrogen-bond acceptors (Lipinski definition) is 0. The summed E-state index contributed by atoms with van der Waals surface area (Å²) in [5.41, 5.74) is 6.35. The Labute approximate surface area is 134 Å². The van der Waals surface area contributed by atoms with E-state index in [1.165, 1.54) is 6.42 Å². The summed E-state index contributed by atoms with van der Waals surface area (Å²) in [5, 5.41) is 0. The Morgan fingerprint density at radius 2 is 1.78 bits per heavy atom. The third kappa shape index (κ3) is 3.89. The molecule has 0 nitrogen and oxygen atoms in total. The third-order valence-electron chi connectivity index (χ3n) is 3.38. The molecule has 99 valence electrons. The van der Waals surface area contributed by atoms with E-state index < -0.39 is 22.8 Å². The van der Waals surface area contributed by atoms with Gasteiger partial charge in [-0.3, -0.25) is 0 Å². The van der Waals surface area contributed by atoms with Crippen molar-refractivity contribution in [2.24, 2.45) is 0 Å². The number of halogens is 2. The SMILES string of the molecule is C[C](C)=[Zr][C]1=C(C)C(C)=C(C2=CC=CC2)C1.Cl.Cl. The van der Waals surface area contributed by atoms with E-state index in [2.05, 4.69) is 45.9 Å². The topological polar surface area (TPSA) is 0 Å². The van der Waals surface area contributed by atoms with Gasteiger partial charge in [-0.05, 0) is 0 Å². The van der Waals surface area contributed by atoms with Crippen LogP contribution in [0.3, 0.4) is 0 Å². The molecule has 0 saturated heterocycles. The summed E-state index contributed by atoms with van der Waals surface area (Å²) in [4.78, 5) is 0. The van der Waals surface area contributed by atoms with Crippen molar-refractivity contribution in [1.29, 1.82) is 0 Å². The molecule has 0 N–H and O–H groups in total. The zero-order valence-electron chi connectivity index (χ0n) is 11.5. The summed E-state index contributed by atoms with van der Waals surface area (Å²) in [6.07, 6.45) is 9.15. The maximum atomic E-state index is 2.32. The van der Waals surface area contributed by atoms with Gasteiger partial charge >= 0.3 is 110 Å². The van der Waals surface area contributed by atoms with E-state index in [9.17, 15) is 0 Å². The molecule has 0 spiro atoms. The van der Waals surface area contributed by atoms with Gasteiger partial charge in [-0.15, -0.1) is 24.8 Å². The fraction of sp³-hybridized carbons (Fsp3) is 0.400. The third-order valence-corrected chi connectivity index (χ3v) is 6.71. The summed E-state index contributed by atoms with van der Waals surface area (Å²) in [7, 11) is 0. The predicted molar refractivity (Wildman–Crippen MR) is 82.7 cm³/mol. The molecule has 0 saturated carbocycles. The average molecular weight is 363 g/mol. The monoisotopic (exact) mass is 361 g/mol. The molecule has 2 rings (SSSR count). The maximum Gasteiger partial charge on any atom is -0.147 e. The summed E-state index contributed by atoms with van der Waals surface area (Å²) < 4.78 is 3.48. The maximum absolute atomic E-state index is 2.32. The van der Waals surface area contributed by atoms with Crippen molar-refractivity contribution >= 4 is 28.0 Å². The van der Waals surface area contributed by atoms with Crippen molar-refractivity contribution in [2.75, 3.05) is 0 Å². The number of allylic oxidation sites excluding steroid dienone is 8. The second-order valence-electron chi connectivity index (χ2n) is 4.83. The van der Waals surface area contributed by atoms with Crippen molar-refractivity contribution in [3.8, 4) is 0 Å². The van der Waals surface area contributed by atoms with Gasteiger partial charge in [0.05, 0.1) is 0 Å². The van der Waals surface area contributed by atoms with Crippen molar-refractivity contribution in [2.45, 2.75) is 40.5 Å². The van der Waals surface area contributed by atoms with Gasteiger partial charge in [0, 0.05) is 0 Å². The zero-order valence-corrected chi connectivity index (χ0v) is 15.6. The largest absolute Gasteiger partial charge is 0.147 e. The quantitative estimate of drug-likeness (QED) is 0.647. The molecule has 0 aromatic carbocycles. The average Bonchev–Trinajstić information content (AvgIpc) is 2.81. The standard InChI is InChI=1S/C12H13.C3H6.2ClH.Zr/c1-9-7-8-12(10(9)2)11-5-3-4-6-11;1-3-2;;;/h3-5H,6,8H2,1-2H3;1-2H3;2*1H;. The van der Waals surface area contributed by atoms with E-state index in [1.54, 1.807) is 28.8 Å². The van der Waals surface area contributed by atoms with Gasteiger partial charge in [-0.1, -0.05) is 0 Å². The van der Waals surface area contributed by atoms with Crippen molar-refractivity contribution in [3.63, 3.8) is 0 Å². The first kappa shape index (κ1) is 18.3. The molecular formula is C15H21Cl2Zr. The van der Waals surface area contributed by atoms with Crippen molar-refractivity contribution in [1.82, 2.24) is 0 Å². The van der Waals surface area contributed by atoms with Crippen LogP contribution in [-0.2, 0) is 22.8 Å². The van der Waals surface area contributed by atoms with Crippen LogP contribution in [0.4, 0.5) is 0 Å². The second-order valence-corrected chi connectivity index (χ2v) is 9.39. The summed E-state index contributed by atoms with van der Waals surface area (Å²) in [6.45, 7) is 9.23. The van der Waals surface area contributed by atoms with Crippen LogP contribution in [-0.4, -0.2) is 3.21 Å². The minimum absolute atomic E-state index is 0. The number of rotatable bonds is 2. The van der Waals surface area contributed by atoms with Crippen LogP contribution in [0.5, 0.6) is 0 Å². The van der Waals surface area contributed by atoms with Crippen LogP contribution in [0.1, 0.15) is 40.5 Å². The summed E-state index contributed by atoms with van der Waals surface area (Å²) in [6, 6.07) is 0. The van der Waals surface area contributed by atoms with Crippen LogP contribution in [0.15, 0.2) is 43.8 Å². The first-order chi connectivity index (χ1) is 7.59. The minimum Gasteiger partial charge on any atom is -0.147 e. The van der Waals surface area contributed by atoms with Crippen LogP contribution < -0.4 is 0 Å². The zero-order chi connectivity index (χ0) is 11.7. The molecule has 3 heteroatoms. The van der Waals surface area contributed by atoms with Gasteiger partial charge in [0.15, 0.2) is 0 Å². The fourth-order valence-corrected chi connectivity index (χ4v) is 5.42. The van der Waals surface area contributed by atoms with Crippen LogP contribution in [0.25, 0.3) is 0 Å². The second kappa shape index (κ2) is 7.78. The van der Waals surface area contributed by atoms with Gasteiger partial charge in [0.1, 0.15) is 0 Å². The summed E-state index contributed by atoms with van der Waals surface area (Å²) in [5.74, 6) is 0. The Morgan fingerprint density at radius 1 is 1.11 bits per heavy atom. The van der Waals surface area contributed by atoms with Gasteiger partial charge < -0.3 is 0 Å². The Bertz CT molecular complexity index is 473. The number of hydrogen-bond donors (Lipinski definition) is 0. The van der Waals surface area contributed by atoms with E-state index in [0.29, 0.717) is 0 Å². The molecule has 0 bridgehead atoms. The van der Waals surface area contributed by atoms with Crippen molar-refractivity contribution < 1.29 is 22.8 Å². The van der Waals surface area contributed by atoms with Crippen LogP contribution in [0, 0.1) is 0 Å².